The van der Waals surface area contributed by atoms with Gasteiger partial charge in [-0.15, -0.1) is 0 Å². The lowest BCUT2D eigenvalue weighted by atomic mass is 10.2. The lowest BCUT2D eigenvalue weighted by Gasteiger charge is -1.98. The van der Waals surface area contributed by atoms with Crippen LogP contribution in [-0.2, 0) is 6.42 Å². The van der Waals surface area contributed by atoms with E-state index >= 15 is 0 Å². The third kappa shape index (κ3) is 2.45. The average molecular weight is 249 g/mol. The largest absolute Gasteiger partial charge is 0.481 e. The summed E-state index contributed by atoms with van der Waals surface area (Å²) in [6, 6.07) is 3.61. The zero-order valence-electron chi connectivity index (χ0n) is 10.4. The van der Waals surface area contributed by atoms with E-state index in [-0.39, 0.29) is 0 Å². The molecule has 0 aromatic carbocycles. The average Bonchev–Trinajstić information content (AvgIpc) is 2.93. The number of allylic oxidation sites excluding steroid dienone is 1. The van der Waals surface area contributed by atoms with E-state index in [2.05, 4.69) is 32.9 Å². The summed E-state index contributed by atoms with van der Waals surface area (Å²) in [7, 11) is 1.58. The Hall–Kier alpha value is -2.67. The van der Waals surface area contributed by atoms with Gasteiger partial charge in [-0.25, -0.2) is 9.97 Å². The van der Waals surface area contributed by atoms with Gasteiger partial charge in [0.15, 0.2) is 0 Å². The molecular weight excluding hydrogens is 238 g/mol. The normalized spacial score (nSPS) is 11.6. The predicted octanol–water partition coefficient (Wildman–Crippen LogP) is 1.85. The van der Waals surface area contributed by atoms with Gasteiger partial charge in [0.05, 0.1) is 24.7 Å². The van der Waals surface area contributed by atoms with E-state index in [9.17, 15) is 0 Å². The highest BCUT2D eigenvalue weighted by Gasteiger charge is 2.07. The first-order valence-electron chi connectivity index (χ1n) is 5.90. The van der Waals surface area contributed by atoms with E-state index in [1.54, 1.807) is 25.6 Å². The van der Waals surface area contributed by atoms with Gasteiger partial charge in [-0.05, 0) is 18.1 Å². The van der Waals surface area contributed by atoms with Gasteiger partial charge in [-0.2, -0.15) is 0 Å². The molecule has 1 aliphatic rings. The van der Waals surface area contributed by atoms with Gasteiger partial charge in [0.1, 0.15) is 5.69 Å². The van der Waals surface area contributed by atoms with Crippen LogP contribution in [0.15, 0.2) is 30.6 Å². The number of methoxy groups -OCH3 is 1. The fourth-order valence-corrected chi connectivity index (χ4v) is 1.80. The first-order valence-corrected chi connectivity index (χ1v) is 5.90. The summed E-state index contributed by atoms with van der Waals surface area (Å²) in [4.78, 5) is 12.8. The second-order valence-corrected chi connectivity index (χ2v) is 4.03. The molecule has 19 heavy (non-hydrogen) atoms. The number of pyridine rings is 1. The minimum Gasteiger partial charge on any atom is -0.481 e. The van der Waals surface area contributed by atoms with Crippen LogP contribution in [0, 0.1) is 11.8 Å². The molecule has 0 saturated heterocycles. The lowest BCUT2D eigenvalue weighted by molar-refractivity contribution is 0.398. The highest BCUT2D eigenvalue weighted by Crippen LogP contribution is 2.14. The Morgan fingerprint density at radius 2 is 2.21 bits per heavy atom. The lowest BCUT2D eigenvalue weighted by Crippen LogP contribution is -1.94. The molecule has 2 aromatic rings. The van der Waals surface area contributed by atoms with Gasteiger partial charge in [0, 0.05) is 24.2 Å². The van der Waals surface area contributed by atoms with E-state index in [0.717, 1.165) is 23.4 Å². The first-order chi connectivity index (χ1) is 9.35. The van der Waals surface area contributed by atoms with Crippen molar-refractivity contribution in [3.8, 4) is 17.7 Å². The molecule has 4 heteroatoms. The molecule has 0 unspecified atom stereocenters. The van der Waals surface area contributed by atoms with Crippen LogP contribution in [0.2, 0.25) is 0 Å². The highest BCUT2D eigenvalue weighted by atomic mass is 16.5. The summed E-state index contributed by atoms with van der Waals surface area (Å²) >= 11 is 0. The monoisotopic (exact) mass is 249 g/mol. The minimum absolute atomic E-state index is 0.551. The van der Waals surface area contributed by atoms with Gasteiger partial charge in [-0.3, -0.25) is 4.98 Å². The molecule has 0 atom stereocenters. The van der Waals surface area contributed by atoms with Crippen LogP contribution in [0.3, 0.4) is 0 Å². The van der Waals surface area contributed by atoms with Crippen molar-refractivity contribution in [2.24, 2.45) is 0 Å². The maximum atomic E-state index is 5.05. The Labute approximate surface area is 111 Å². The van der Waals surface area contributed by atoms with Crippen LogP contribution in [0.1, 0.15) is 22.6 Å². The van der Waals surface area contributed by atoms with Crippen molar-refractivity contribution in [1.82, 2.24) is 15.0 Å². The van der Waals surface area contributed by atoms with Crippen molar-refractivity contribution in [3.05, 3.63) is 53.2 Å². The van der Waals surface area contributed by atoms with Crippen LogP contribution in [0.5, 0.6) is 5.88 Å². The van der Waals surface area contributed by atoms with Gasteiger partial charge in [0.25, 0.3) is 0 Å². The first kappa shape index (κ1) is 11.4. The number of fused-ring (bicyclic) bond motifs is 1. The molecule has 4 nitrogen and oxygen atoms in total. The highest BCUT2D eigenvalue weighted by molar-refractivity contribution is 5.54. The maximum absolute atomic E-state index is 5.05. The summed E-state index contributed by atoms with van der Waals surface area (Å²) in [5, 5.41) is 0. The van der Waals surface area contributed by atoms with Crippen molar-refractivity contribution < 1.29 is 4.74 Å². The van der Waals surface area contributed by atoms with Crippen molar-refractivity contribution >= 4 is 6.08 Å². The number of ether oxygens (including phenoxy) is 1. The topological polar surface area (TPSA) is 47.9 Å². The summed E-state index contributed by atoms with van der Waals surface area (Å²) < 4.78 is 5.05. The van der Waals surface area contributed by atoms with Gasteiger partial charge in [0.2, 0.25) is 5.88 Å². The molecule has 2 aromatic heterocycles. The molecular formula is C15H11N3O. The molecule has 0 amide bonds. The predicted molar refractivity (Wildman–Crippen MR) is 71.5 cm³/mol. The standard InChI is InChI=1S/C15H11N3O/c1-19-15-9-11(7-8-16-15)5-6-12-10-17-13-3-2-4-14(13)18-12/h2,4,7-10H,3H2,1H3. The quantitative estimate of drug-likeness (QED) is 0.724. The molecule has 92 valence electrons. The van der Waals surface area contributed by atoms with Crippen LogP contribution >= 0.6 is 0 Å². The van der Waals surface area contributed by atoms with E-state index in [1.165, 1.54) is 0 Å². The fraction of sp³-hybridized carbons (Fsp3) is 0.133. The van der Waals surface area contributed by atoms with E-state index < -0.39 is 0 Å². The number of rotatable bonds is 1. The summed E-state index contributed by atoms with van der Waals surface area (Å²) in [6.07, 6.45) is 8.26. The van der Waals surface area contributed by atoms with E-state index in [0.29, 0.717) is 11.6 Å². The number of nitrogens with zero attached hydrogens (tertiary/aromatic N) is 3. The molecule has 0 saturated carbocycles. The SMILES string of the molecule is COc1cc(C#Cc2cnc3c(n2)C=CC3)ccn1. The molecule has 0 fully saturated rings. The Bertz CT molecular complexity index is 711. The number of hydrogen-bond acceptors (Lipinski definition) is 4. The van der Waals surface area contributed by atoms with Gasteiger partial charge < -0.3 is 4.74 Å². The van der Waals surface area contributed by atoms with Crippen LogP contribution in [0.25, 0.3) is 6.08 Å². The van der Waals surface area contributed by atoms with Gasteiger partial charge in [-0.1, -0.05) is 12.0 Å². The summed E-state index contributed by atoms with van der Waals surface area (Å²) in [5.41, 5.74) is 3.43. The minimum atomic E-state index is 0.551. The molecule has 0 N–H and O–H groups in total. The Kier molecular flexibility index (Phi) is 2.95. The summed E-state index contributed by atoms with van der Waals surface area (Å²) in [6.45, 7) is 0. The van der Waals surface area contributed by atoms with Crippen LogP contribution in [0.4, 0.5) is 0 Å². The number of hydrogen-bond donors (Lipinski definition) is 0. The Morgan fingerprint density at radius 3 is 3.11 bits per heavy atom. The van der Waals surface area contributed by atoms with Gasteiger partial charge >= 0.3 is 0 Å². The third-order valence-corrected chi connectivity index (χ3v) is 2.75. The molecule has 0 bridgehead atoms. The zero-order valence-corrected chi connectivity index (χ0v) is 10.4. The Morgan fingerprint density at radius 1 is 1.26 bits per heavy atom. The Balaban J connectivity index is 1.89. The molecule has 1 aliphatic carbocycles. The molecule has 0 spiro atoms. The molecule has 0 radical (unpaired) electrons. The van der Waals surface area contributed by atoms with Crippen LogP contribution in [-0.4, -0.2) is 22.1 Å². The number of aromatic nitrogens is 3. The van der Waals surface area contributed by atoms with Crippen molar-refractivity contribution in [2.75, 3.05) is 7.11 Å². The fourth-order valence-electron chi connectivity index (χ4n) is 1.80. The van der Waals surface area contributed by atoms with Crippen molar-refractivity contribution in [3.63, 3.8) is 0 Å². The van der Waals surface area contributed by atoms with Crippen LogP contribution < -0.4 is 4.74 Å². The maximum Gasteiger partial charge on any atom is 0.214 e. The smallest absolute Gasteiger partial charge is 0.214 e. The van der Waals surface area contributed by atoms with Crippen molar-refractivity contribution in [1.29, 1.82) is 0 Å². The van der Waals surface area contributed by atoms with E-state index in [4.69, 9.17) is 4.74 Å². The molecule has 2 heterocycles. The zero-order chi connectivity index (χ0) is 13.1. The van der Waals surface area contributed by atoms with E-state index in [1.807, 2.05) is 12.1 Å². The second-order valence-electron chi connectivity index (χ2n) is 4.03. The third-order valence-electron chi connectivity index (χ3n) is 2.75. The molecule has 0 aliphatic heterocycles. The molecule has 3 rings (SSSR count). The summed E-state index contributed by atoms with van der Waals surface area (Å²) in [5.74, 6) is 6.58. The second kappa shape index (κ2) is 4.91. The van der Waals surface area contributed by atoms with Crippen molar-refractivity contribution in [2.45, 2.75) is 6.42 Å².